The average Bonchev–Trinajstić information content (AvgIpc) is 3.19. The third kappa shape index (κ3) is 2.71. The molecular formula is C15H21N3O2. The molecule has 0 bridgehead atoms. The van der Waals surface area contributed by atoms with Crippen LogP contribution in [0, 0.1) is 5.92 Å². The van der Waals surface area contributed by atoms with E-state index in [0.717, 1.165) is 45.2 Å². The molecule has 1 aliphatic carbocycles. The van der Waals surface area contributed by atoms with Crippen molar-refractivity contribution in [1.82, 2.24) is 15.2 Å². The molecule has 0 spiro atoms. The molecule has 3 rings (SSSR count). The van der Waals surface area contributed by atoms with Crippen LogP contribution in [0.15, 0.2) is 18.5 Å². The Hall–Kier alpha value is -1.78. The number of H-pyrrole nitrogens is 1. The second-order valence-electron chi connectivity index (χ2n) is 5.81. The van der Waals surface area contributed by atoms with Crippen molar-refractivity contribution in [2.45, 2.75) is 38.1 Å². The van der Waals surface area contributed by atoms with Gasteiger partial charge in [0.2, 0.25) is 5.91 Å². The third-order valence-electron chi connectivity index (χ3n) is 4.39. The minimum atomic E-state index is -0.0504. The van der Waals surface area contributed by atoms with Gasteiger partial charge in [-0.05, 0) is 38.2 Å². The Kier molecular flexibility index (Phi) is 3.76. The molecule has 2 N–H and O–H groups in total. The molecule has 1 aliphatic heterocycles. The lowest BCUT2D eigenvalue weighted by atomic mass is 10.1. The molecular weight excluding hydrogens is 254 g/mol. The largest absolute Gasteiger partial charge is 0.367 e. The van der Waals surface area contributed by atoms with E-state index in [2.05, 4.69) is 10.3 Å². The standard InChI is InChI=1S/C15H21N3O2/c19-14(12-5-6-16-10-12)17-13-4-3-11(9-13)15(20)18-7-1-2-8-18/h5-6,10-11,13,16H,1-4,7-9H2,(H,17,19)/t11-,13+/m0/s1. The maximum absolute atomic E-state index is 12.3. The summed E-state index contributed by atoms with van der Waals surface area (Å²) in [5.41, 5.74) is 0.652. The van der Waals surface area contributed by atoms with Gasteiger partial charge in [-0.3, -0.25) is 9.59 Å². The normalized spacial score (nSPS) is 25.9. The van der Waals surface area contributed by atoms with Crippen molar-refractivity contribution in [3.8, 4) is 0 Å². The first kappa shape index (κ1) is 13.2. The van der Waals surface area contributed by atoms with Gasteiger partial charge >= 0.3 is 0 Å². The lowest BCUT2D eigenvalue weighted by molar-refractivity contribution is -0.134. The van der Waals surface area contributed by atoms with E-state index >= 15 is 0 Å². The highest BCUT2D eigenvalue weighted by Crippen LogP contribution is 2.28. The summed E-state index contributed by atoms with van der Waals surface area (Å²) in [7, 11) is 0. The molecule has 2 aliphatic rings. The Morgan fingerprint density at radius 1 is 1.25 bits per heavy atom. The van der Waals surface area contributed by atoms with E-state index in [1.165, 1.54) is 0 Å². The predicted molar refractivity (Wildman–Crippen MR) is 75.2 cm³/mol. The highest BCUT2D eigenvalue weighted by molar-refractivity contribution is 5.94. The van der Waals surface area contributed by atoms with E-state index in [4.69, 9.17) is 0 Å². The molecule has 1 aromatic rings. The van der Waals surface area contributed by atoms with Gasteiger partial charge in [0, 0.05) is 37.4 Å². The number of likely N-dealkylation sites (tertiary alicyclic amines) is 1. The summed E-state index contributed by atoms with van der Waals surface area (Å²) in [4.78, 5) is 29.1. The monoisotopic (exact) mass is 275 g/mol. The minimum Gasteiger partial charge on any atom is -0.367 e. The fourth-order valence-electron chi connectivity index (χ4n) is 3.27. The third-order valence-corrected chi connectivity index (χ3v) is 4.39. The number of carbonyl (C=O) groups excluding carboxylic acids is 2. The fourth-order valence-corrected chi connectivity index (χ4v) is 3.27. The summed E-state index contributed by atoms with van der Waals surface area (Å²) < 4.78 is 0. The molecule has 20 heavy (non-hydrogen) atoms. The molecule has 2 heterocycles. The summed E-state index contributed by atoms with van der Waals surface area (Å²) in [6.07, 6.45) is 8.28. The number of aromatic amines is 1. The number of hydrogen-bond donors (Lipinski definition) is 2. The topological polar surface area (TPSA) is 65.2 Å². The summed E-state index contributed by atoms with van der Waals surface area (Å²) >= 11 is 0. The summed E-state index contributed by atoms with van der Waals surface area (Å²) in [5, 5.41) is 3.03. The molecule has 2 fully saturated rings. The molecule has 0 radical (unpaired) electrons. The highest BCUT2D eigenvalue weighted by Gasteiger charge is 2.34. The molecule has 1 saturated heterocycles. The fraction of sp³-hybridized carbons (Fsp3) is 0.600. The van der Waals surface area contributed by atoms with Gasteiger partial charge in [0.05, 0.1) is 5.56 Å². The van der Waals surface area contributed by atoms with Gasteiger partial charge in [0.15, 0.2) is 0 Å². The van der Waals surface area contributed by atoms with E-state index in [-0.39, 0.29) is 17.9 Å². The van der Waals surface area contributed by atoms with E-state index in [9.17, 15) is 9.59 Å². The molecule has 5 heteroatoms. The Bertz CT molecular complexity index is 477. The zero-order chi connectivity index (χ0) is 13.9. The van der Waals surface area contributed by atoms with Crippen molar-refractivity contribution in [2.24, 2.45) is 5.92 Å². The van der Waals surface area contributed by atoms with Crippen molar-refractivity contribution in [2.75, 3.05) is 13.1 Å². The van der Waals surface area contributed by atoms with E-state index < -0.39 is 0 Å². The van der Waals surface area contributed by atoms with Gasteiger partial charge in [-0.25, -0.2) is 0 Å². The summed E-state index contributed by atoms with van der Waals surface area (Å²) in [5.74, 6) is 0.344. The van der Waals surface area contributed by atoms with Crippen molar-refractivity contribution < 1.29 is 9.59 Å². The second kappa shape index (κ2) is 5.69. The van der Waals surface area contributed by atoms with Crippen molar-refractivity contribution in [1.29, 1.82) is 0 Å². The summed E-state index contributed by atoms with van der Waals surface area (Å²) in [6, 6.07) is 1.89. The maximum Gasteiger partial charge on any atom is 0.253 e. The molecule has 0 unspecified atom stereocenters. The van der Waals surface area contributed by atoms with Crippen LogP contribution in [0.25, 0.3) is 0 Å². The number of amides is 2. The van der Waals surface area contributed by atoms with Crippen LogP contribution < -0.4 is 5.32 Å². The predicted octanol–water partition coefficient (Wildman–Crippen LogP) is 1.54. The molecule has 0 aromatic carbocycles. The van der Waals surface area contributed by atoms with Crippen LogP contribution in [0.5, 0.6) is 0 Å². The van der Waals surface area contributed by atoms with Crippen LogP contribution in [0.1, 0.15) is 42.5 Å². The first-order valence-electron chi connectivity index (χ1n) is 7.46. The molecule has 1 aromatic heterocycles. The van der Waals surface area contributed by atoms with Gasteiger partial charge in [-0.15, -0.1) is 0 Å². The van der Waals surface area contributed by atoms with Gasteiger partial charge in [-0.2, -0.15) is 0 Å². The number of nitrogens with zero attached hydrogens (tertiary/aromatic N) is 1. The van der Waals surface area contributed by atoms with E-state index in [0.29, 0.717) is 11.5 Å². The molecule has 5 nitrogen and oxygen atoms in total. The molecule has 108 valence electrons. The van der Waals surface area contributed by atoms with Crippen LogP contribution in [0.4, 0.5) is 0 Å². The van der Waals surface area contributed by atoms with Crippen LogP contribution in [-0.2, 0) is 4.79 Å². The first-order valence-corrected chi connectivity index (χ1v) is 7.46. The Morgan fingerprint density at radius 3 is 2.75 bits per heavy atom. The number of nitrogens with one attached hydrogen (secondary N) is 2. The lowest BCUT2D eigenvalue weighted by Crippen LogP contribution is -2.35. The van der Waals surface area contributed by atoms with E-state index in [1.807, 2.05) is 4.90 Å². The van der Waals surface area contributed by atoms with Gasteiger partial charge in [0.1, 0.15) is 0 Å². The smallest absolute Gasteiger partial charge is 0.253 e. The second-order valence-corrected chi connectivity index (χ2v) is 5.81. The number of carbonyl (C=O) groups is 2. The zero-order valence-electron chi connectivity index (χ0n) is 11.6. The van der Waals surface area contributed by atoms with Crippen LogP contribution in [-0.4, -0.2) is 40.8 Å². The Labute approximate surface area is 118 Å². The number of hydrogen-bond acceptors (Lipinski definition) is 2. The van der Waals surface area contributed by atoms with E-state index in [1.54, 1.807) is 18.5 Å². The van der Waals surface area contributed by atoms with Crippen molar-refractivity contribution in [3.05, 3.63) is 24.0 Å². The summed E-state index contributed by atoms with van der Waals surface area (Å²) in [6.45, 7) is 1.82. The van der Waals surface area contributed by atoms with Gasteiger partial charge in [-0.1, -0.05) is 0 Å². The SMILES string of the molecule is O=C(N[C@@H]1CC[C@H](C(=O)N2CCCC2)C1)c1cc[nH]c1. The van der Waals surface area contributed by atoms with Crippen LogP contribution in [0.3, 0.4) is 0 Å². The van der Waals surface area contributed by atoms with Crippen LogP contribution >= 0.6 is 0 Å². The van der Waals surface area contributed by atoms with Crippen molar-refractivity contribution in [3.63, 3.8) is 0 Å². The lowest BCUT2D eigenvalue weighted by Gasteiger charge is -2.20. The minimum absolute atomic E-state index is 0.0504. The molecule has 2 atom stereocenters. The van der Waals surface area contributed by atoms with Crippen LogP contribution in [0.2, 0.25) is 0 Å². The zero-order valence-corrected chi connectivity index (χ0v) is 11.6. The number of aromatic nitrogens is 1. The van der Waals surface area contributed by atoms with Gasteiger partial charge in [0.25, 0.3) is 5.91 Å². The molecule has 1 saturated carbocycles. The quantitative estimate of drug-likeness (QED) is 0.878. The molecule has 2 amide bonds. The van der Waals surface area contributed by atoms with Crippen molar-refractivity contribution >= 4 is 11.8 Å². The number of rotatable bonds is 3. The first-order chi connectivity index (χ1) is 9.74. The Balaban J connectivity index is 1.51. The maximum atomic E-state index is 12.3. The Morgan fingerprint density at radius 2 is 2.05 bits per heavy atom. The average molecular weight is 275 g/mol. The highest BCUT2D eigenvalue weighted by atomic mass is 16.2. The van der Waals surface area contributed by atoms with Gasteiger partial charge < -0.3 is 15.2 Å².